The molecule has 0 radical (unpaired) electrons. The summed E-state index contributed by atoms with van der Waals surface area (Å²) in [6.45, 7) is 4.85. The lowest BCUT2D eigenvalue weighted by Crippen LogP contribution is -2.44. The van der Waals surface area contributed by atoms with Crippen molar-refractivity contribution in [3.05, 3.63) is 35.4 Å². The molecule has 0 spiro atoms. The highest BCUT2D eigenvalue weighted by atomic mass is 19.1. The summed E-state index contributed by atoms with van der Waals surface area (Å²) in [4.78, 5) is 29.5. The number of hydroxylamine groups is 2. The van der Waals surface area contributed by atoms with Crippen molar-refractivity contribution < 1.29 is 27.9 Å². The first kappa shape index (κ1) is 21.0. The van der Waals surface area contributed by atoms with Gasteiger partial charge in [0.05, 0.1) is 13.2 Å². The molecule has 0 N–H and O–H groups in total. The SMILES string of the molecule is BCC(B)C(C)(C)C(=O)N(Cc1cc(F)cc(F)c1)OC(=O)OCC. The lowest BCUT2D eigenvalue weighted by Gasteiger charge is -2.34. The van der Waals surface area contributed by atoms with Crippen LogP contribution in [0.4, 0.5) is 13.6 Å². The van der Waals surface area contributed by atoms with E-state index in [1.165, 1.54) is 0 Å². The Balaban J connectivity index is 3.11. The molecular weight excluding hydrogens is 330 g/mol. The molecule has 0 aromatic heterocycles. The Bertz CT molecular complexity index is 608. The van der Waals surface area contributed by atoms with Gasteiger partial charge in [0.15, 0.2) is 0 Å². The van der Waals surface area contributed by atoms with Crippen LogP contribution >= 0.6 is 0 Å². The van der Waals surface area contributed by atoms with Crippen molar-refractivity contribution >= 4 is 27.8 Å². The van der Waals surface area contributed by atoms with E-state index >= 15 is 0 Å². The number of carbonyl (C=O) groups is 2. The first-order valence-electron chi connectivity index (χ1n) is 8.23. The Morgan fingerprint density at radius 3 is 2.28 bits per heavy atom. The third-order valence-corrected chi connectivity index (χ3v) is 4.32. The third kappa shape index (κ3) is 5.76. The van der Waals surface area contributed by atoms with Crippen molar-refractivity contribution in [1.82, 2.24) is 5.06 Å². The fraction of sp³-hybridized carbons (Fsp3) is 0.500. The largest absolute Gasteiger partial charge is 0.533 e. The van der Waals surface area contributed by atoms with Crippen LogP contribution in [-0.2, 0) is 20.9 Å². The average Bonchev–Trinajstić information content (AvgIpc) is 2.51. The van der Waals surface area contributed by atoms with Crippen LogP contribution in [-0.4, -0.2) is 39.4 Å². The van der Waals surface area contributed by atoms with Crippen molar-refractivity contribution in [2.45, 2.75) is 39.5 Å². The fourth-order valence-electron chi connectivity index (χ4n) is 2.29. The highest BCUT2D eigenvalue weighted by molar-refractivity contribution is 6.20. The Morgan fingerprint density at radius 2 is 1.80 bits per heavy atom. The molecule has 1 amide bonds. The van der Waals surface area contributed by atoms with Gasteiger partial charge in [-0.2, -0.15) is 5.06 Å². The highest BCUT2D eigenvalue weighted by Crippen LogP contribution is 2.34. The van der Waals surface area contributed by atoms with Crippen molar-refractivity contribution in [3.63, 3.8) is 0 Å². The first-order chi connectivity index (χ1) is 11.6. The Hall–Kier alpha value is -2.05. The molecule has 1 aromatic rings. The summed E-state index contributed by atoms with van der Waals surface area (Å²) >= 11 is 0. The van der Waals surface area contributed by atoms with Gasteiger partial charge in [0.1, 0.15) is 27.3 Å². The number of benzene rings is 1. The summed E-state index contributed by atoms with van der Waals surface area (Å²) < 4.78 is 31.5. The molecule has 0 aliphatic carbocycles. The van der Waals surface area contributed by atoms with E-state index < -0.39 is 29.1 Å². The molecule has 9 heteroatoms. The van der Waals surface area contributed by atoms with Crippen molar-refractivity contribution in [2.24, 2.45) is 5.41 Å². The van der Waals surface area contributed by atoms with Gasteiger partial charge in [0.25, 0.3) is 5.91 Å². The van der Waals surface area contributed by atoms with Crippen LogP contribution in [0.1, 0.15) is 26.3 Å². The second kappa shape index (κ2) is 8.87. The molecule has 1 rings (SSSR count). The minimum Gasteiger partial charge on any atom is -0.433 e. The van der Waals surface area contributed by atoms with Gasteiger partial charge in [-0.15, -0.1) is 0 Å². The normalized spacial score (nSPS) is 12.4. The van der Waals surface area contributed by atoms with Gasteiger partial charge < -0.3 is 9.57 Å². The lowest BCUT2D eigenvalue weighted by atomic mass is 9.61. The molecule has 25 heavy (non-hydrogen) atoms. The van der Waals surface area contributed by atoms with Crippen LogP contribution in [0.5, 0.6) is 0 Å². The number of amides is 1. The summed E-state index contributed by atoms with van der Waals surface area (Å²) in [6.07, 6.45) is -0.312. The first-order valence-corrected chi connectivity index (χ1v) is 8.23. The zero-order chi connectivity index (χ0) is 19.2. The van der Waals surface area contributed by atoms with E-state index in [2.05, 4.69) is 0 Å². The minimum atomic E-state index is -1.05. The summed E-state index contributed by atoms with van der Waals surface area (Å²) in [5.41, 5.74) is -0.678. The van der Waals surface area contributed by atoms with Gasteiger partial charge in [-0.1, -0.05) is 26.0 Å². The number of halogens is 2. The molecule has 0 aliphatic rings. The Labute approximate surface area is 148 Å². The topological polar surface area (TPSA) is 55.8 Å². The lowest BCUT2D eigenvalue weighted by molar-refractivity contribution is -0.185. The molecule has 0 bridgehead atoms. The van der Waals surface area contributed by atoms with Crippen LogP contribution in [0.25, 0.3) is 0 Å². The Kier molecular flexibility index (Phi) is 7.45. The van der Waals surface area contributed by atoms with E-state index in [9.17, 15) is 18.4 Å². The molecule has 0 saturated heterocycles. The summed E-state index contributed by atoms with van der Waals surface area (Å²) in [6, 6.07) is 2.88. The van der Waals surface area contributed by atoms with Gasteiger partial charge >= 0.3 is 6.16 Å². The maximum absolute atomic E-state index is 13.4. The highest BCUT2D eigenvalue weighted by Gasteiger charge is 2.38. The van der Waals surface area contributed by atoms with E-state index in [4.69, 9.17) is 9.57 Å². The smallest absolute Gasteiger partial charge is 0.433 e. The molecule has 0 saturated carbocycles. The molecular formula is C16H23B2F2NO4. The summed E-state index contributed by atoms with van der Waals surface area (Å²) in [5, 5.41) is 0.804. The minimum absolute atomic E-state index is 0.00228. The van der Waals surface area contributed by atoms with Crippen molar-refractivity contribution in [2.75, 3.05) is 6.61 Å². The van der Waals surface area contributed by atoms with Gasteiger partial charge in [0.2, 0.25) is 0 Å². The average molecular weight is 353 g/mol. The third-order valence-electron chi connectivity index (χ3n) is 4.32. The maximum atomic E-state index is 13.4. The van der Waals surface area contributed by atoms with Crippen molar-refractivity contribution in [1.29, 1.82) is 0 Å². The Morgan fingerprint density at radius 1 is 1.24 bits per heavy atom. The number of rotatable bonds is 6. The molecule has 0 aliphatic heterocycles. The molecule has 5 nitrogen and oxygen atoms in total. The molecule has 136 valence electrons. The number of hydrogen-bond acceptors (Lipinski definition) is 4. The number of hydrogen-bond donors (Lipinski definition) is 0. The number of ether oxygens (including phenoxy) is 1. The van der Waals surface area contributed by atoms with Crippen molar-refractivity contribution in [3.8, 4) is 0 Å². The van der Waals surface area contributed by atoms with E-state index in [1.54, 1.807) is 20.8 Å². The zero-order valence-electron chi connectivity index (χ0n) is 15.3. The second-order valence-electron chi connectivity index (χ2n) is 6.42. The van der Waals surface area contributed by atoms with Crippen LogP contribution in [0.15, 0.2) is 18.2 Å². The quantitative estimate of drug-likeness (QED) is 0.445. The van der Waals surface area contributed by atoms with E-state index in [0.717, 1.165) is 29.6 Å². The predicted molar refractivity (Wildman–Crippen MR) is 94.4 cm³/mol. The molecule has 1 unspecified atom stereocenters. The molecule has 1 atom stereocenters. The summed E-state index contributed by atoms with van der Waals surface area (Å²) in [7, 11) is 3.85. The maximum Gasteiger partial charge on any atom is 0.533 e. The van der Waals surface area contributed by atoms with Crippen LogP contribution in [0.3, 0.4) is 0 Å². The standard InChI is InChI=1S/C16H23B2F2NO4/c1-4-24-15(23)25-21(14(22)16(2,3)13(18)8-17)9-10-5-11(19)7-12(20)6-10/h5-7,13H,4,8-9,17-18H2,1-3H3. The molecule has 0 fully saturated rings. The van der Waals surface area contributed by atoms with Gasteiger partial charge in [-0.3, -0.25) is 4.79 Å². The van der Waals surface area contributed by atoms with Crippen LogP contribution < -0.4 is 0 Å². The monoisotopic (exact) mass is 353 g/mol. The fourth-order valence-corrected chi connectivity index (χ4v) is 2.29. The molecule has 1 aromatic carbocycles. The van der Waals surface area contributed by atoms with E-state index in [0.29, 0.717) is 0 Å². The van der Waals surface area contributed by atoms with Gasteiger partial charge in [-0.25, -0.2) is 13.6 Å². The van der Waals surface area contributed by atoms with E-state index in [-0.39, 0.29) is 24.5 Å². The number of nitrogens with zero attached hydrogens (tertiary/aromatic N) is 1. The second-order valence-corrected chi connectivity index (χ2v) is 6.42. The van der Waals surface area contributed by atoms with E-state index in [1.807, 2.05) is 15.7 Å². The number of carbonyl (C=O) groups excluding carboxylic acids is 2. The predicted octanol–water partition coefficient (Wildman–Crippen LogP) is 1.88. The zero-order valence-corrected chi connectivity index (χ0v) is 15.3. The molecule has 0 heterocycles. The van der Waals surface area contributed by atoms with Gasteiger partial charge in [0, 0.05) is 11.5 Å². The summed E-state index contributed by atoms with van der Waals surface area (Å²) in [5.74, 6) is -2.03. The van der Waals surface area contributed by atoms with Crippen LogP contribution in [0, 0.1) is 17.0 Å². The van der Waals surface area contributed by atoms with Crippen LogP contribution in [0.2, 0.25) is 12.1 Å². The van der Waals surface area contributed by atoms with Gasteiger partial charge in [-0.05, 0) is 24.6 Å².